The molecule has 0 aromatic rings. The lowest BCUT2D eigenvalue weighted by Crippen LogP contribution is -2.49. The average Bonchev–Trinajstić information content (AvgIpc) is 2.28. The lowest BCUT2D eigenvalue weighted by Gasteiger charge is -2.40. The predicted octanol–water partition coefficient (Wildman–Crippen LogP) is 1.82. The molecular weight excluding hydrogens is 240 g/mol. The van der Waals surface area contributed by atoms with Crippen LogP contribution in [0.1, 0.15) is 60.3 Å². The third-order valence-corrected chi connectivity index (χ3v) is 3.93. The molecule has 1 aliphatic carbocycles. The third kappa shape index (κ3) is 6.39. The number of carbonyl (C=O) groups is 1. The van der Waals surface area contributed by atoms with E-state index in [0.717, 1.165) is 25.7 Å². The molecule has 1 amide bonds. The molecule has 112 valence electrons. The molecule has 0 saturated heterocycles. The Bertz CT molecular complexity index is 309. The third-order valence-electron chi connectivity index (χ3n) is 3.93. The monoisotopic (exact) mass is 270 g/mol. The minimum atomic E-state index is -0.715. The first-order valence-electron chi connectivity index (χ1n) is 7.26. The zero-order chi connectivity index (χ0) is 14.7. The molecule has 0 aliphatic heterocycles. The normalized spacial score (nSPS) is 22.0. The van der Waals surface area contributed by atoms with Gasteiger partial charge in [-0.1, -0.05) is 13.8 Å². The zero-order valence-electron chi connectivity index (χ0n) is 13.1. The molecule has 1 saturated carbocycles. The van der Waals surface area contributed by atoms with Gasteiger partial charge in [-0.2, -0.15) is 0 Å². The Hall–Kier alpha value is -0.610. The molecule has 1 fully saturated rings. The van der Waals surface area contributed by atoms with Crippen LogP contribution in [-0.4, -0.2) is 35.2 Å². The second-order valence-electron chi connectivity index (χ2n) is 7.77. The van der Waals surface area contributed by atoms with Crippen LogP contribution in [0.5, 0.6) is 0 Å². The minimum absolute atomic E-state index is 0.0480. The van der Waals surface area contributed by atoms with E-state index in [1.165, 1.54) is 0 Å². The molecule has 0 aromatic carbocycles. The van der Waals surface area contributed by atoms with Gasteiger partial charge in [0.1, 0.15) is 0 Å². The summed E-state index contributed by atoms with van der Waals surface area (Å²) in [6.07, 6.45) is 3.57. The Morgan fingerprint density at radius 1 is 1.16 bits per heavy atom. The predicted molar refractivity (Wildman–Crippen MR) is 78.0 cm³/mol. The van der Waals surface area contributed by atoms with Gasteiger partial charge in [-0.3, -0.25) is 4.79 Å². The fourth-order valence-corrected chi connectivity index (χ4v) is 2.24. The Labute approximate surface area is 117 Å². The molecule has 1 aliphatic rings. The highest BCUT2D eigenvalue weighted by atomic mass is 16.3. The summed E-state index contributed by atoms with van der Waals surface area (Å²) in [5.74, 6) is -0.0480. The van der Waals surface area contributed by atoms with Crippen molar-refractivity contribution >= 4 is 5.91 Å². The van der Waals surface area contributed by atoms with Crippen molar-refractivity contribution < 1.29 is 9.90 Å². The molecule has 0 spiro atoms. The van der Waals surface area contributed by atoms with Crippen LogP contribution in [0.15, 0.2) is 0 Å². The molecular formula is C15H30N2O2. The summed E-state index contributed by atoms with van der Waals surface area (Å²) >= 11 is 0. The van der Waals surface area contributed by atoms with E-state index in [-0.39, 0.29) is 11.4 Å². The van der Waals surface area contributed by atoms with Gasteiger partial charge in [-0.25, -0.2) is 0 Å². The number of carbonyl (C=O) groups excluding carboxylic acids is 1. The summed E-state index contributed by atoms with van der Waals surface area (Å²) in [7, 11) is 0. The lowest BCUT2D eigenvalue weighted by molar-refractivity contribution is -0.122. The average molecular weight is 270 g/mol. The first-order chi connectivity index (χ1) is 8.52. The maximum absolute atomic E-state index is 11.7. The summed E-state index contributed by atoms with van der Waals surface area (Å²) in [4.78, 5) is 11.7. The molecule has 0 aromatic heterocycles. The quantitative estimate of drug-likeness (QED) is 0.730. The summed E-state index contributed by atoms with van der Waals surface area (Å²) < 4.78 is 0. The van der Waals surface area contributed by atoms with Crippen LogP contribution in [-0.2, 0) is 4.79 Å². The Morgan fingerprint density at radius 2 is 1.68 bits per heavy atom. The van der Waals surface area contributed by atoms with Gasteiger partial charge < -0.3 is 15.7 Å². The first kappa shape index (κ1) is 16.4. The Kier molecular flexibility index (Phi) is 5.02. The van der Waals surface area contributed by atoms with E-state index in [2.05, 4.69) is 24.5 Å². The van der Waals surface area contributed by atoms with Crippen molar-refractivity contribution in [1.82, 2.24) is 10.6 Å². The van der Waals surface area contributed by atoms with Gasteiger partial charge in [0.2, 0.25) is 5.91 Å². The molecule has 0 atom stereocenters. The van der Waals surface area contributed by atoms with Crippen molar-refractivity contribution in [2.24, 2.45) is 5.41 Å². The number of nitrogens with one attached hydrogen (secondary N) is 2. The second-order valence-corrected chi connectivity index (χ2v) is 7.77. The summed E-state index contributed by atoms with van der Waals surface area (Å²) in [6, 6.07) is 0. The highest BCUT2D eigenvalue weighted by Crippen LogP contribution is 2.39. The first-order valence-corrected chi connectivity index (χ1v) is 7.26. The van der Waals surface area contributed by atoms with Crippen molar-refractivity contribution in [3.05, 3.63) is 0 Å². The van der Waals surface area contributed by atoms with E-state index in [1.54, 1.807) is 0 Å². The summed E-state index contributed by atoms with van der Waals surface area (Å²) in [6.45, 7) is 11.2. The molecule has 0 unspecified atom stereocenters. The highest BCUT2D eigenvalue weighted by molar-refractivity contribution is 5.78. The number of hydrogen-bond donors (Lipinski definition) is 3. The summed E-state index contributed by atoms with van der Waals surface area (Å²) in [5.41, 5.74) is -0.458. The van der Waals surface area contributed by atoms with E-state index in [9.17, 15) is 9.90 Å². The van der Waals surface area contributed by atoms with E-state index < -0.39 is 5.60 Å². The van der Waals surface area contributed by atoms with E-state index in [4.69, 9.17) is 0 Å². The van der Waals surface area contributed by atoms with Crippen molar-refractivity contribution in [1.29, 1.82) is 0 Å². The van der Waals surface area contributed by atoms with E-state index in [0.29, 0.717) is 18.5 Å². The fourth-order valence-electron chi connectivity index (χ4n) is 2.24. The van der Waals surface area contributed by atoms with Gasteiger partial charge in [0.05, 0.1) is 12.1 Å². The van der Waals surface area contributed by atoms with Crippen LogP contribution >= 0.6 is 0 Å². The van der Waals surface area contributed by atoms with Crippen LogP contribution in [0, 0.1) is 5.41 Å². The molecule has 0 heterocycles. The SMILES string of the molecule is CC1(C)CCC(O)(CNC(=O)CNC(C)(C)C)CC1. The maximum atomic E-state index is 11.7. The topological polar surface area (TPSA) is 61.4 Å². The van der Waals surface area contributed by atoms with Gasteiger partial charge in [-0.15, -0.1) is 0 Å². The van der Waals surface area contributed by atoms with Crippen LogP contribution in [0.4, 0.5) is 0 Å². The van der Waals surface area contributed by atoms with Crippen molar-refractivity contribution in [2.75, 3.05) is 13.1 Å². The van der Waals surface area contributed by atoms with Crippen molar-refractivity contribution in [2.45, 2.75) is 71.4 Å². The molecule has 19 heavy (non-hydrogen) atoms. The number of aliphatic hydroxyl groups is 1. The molecule has 0 radical (unpaired) electrons. The smallest absolute Gasteiger partial charge is 0.234 e. The maximum Gasteiger partial charge on any atom is 0.234 e. The van der Waals surface area contributed by atoms with Gasteiger partial charge in [0, 0.05) is 12.1 Å². The van der Waals surface area contributed by atoms with Crippen LogP contribution in [0.25, 0.3) is 0 Å². The highest BCUT2D eigenvalue weighted by Gasteiger charge is 2.36. The van der Waals surface area contributed by atoms with Gasteiger partial charge in [-0.05, 0) is 51.9 Å². The largest absolute Gasteiger partial charge is 0.388 e. The number of amides is 1. The van der Waals surface area contributed by atoms with Crippen LogP contribution < -0.4 is 10.6 Å². The molecule has 4 heteroatoms. The fraction of sp³-hybridized carbons (Fsp3) is 0.933. The summed E-state index contributed by atoms with van der Waals surface area (Å²) in [5, 5.41) is 16.4. The molecule has 4 nitrogen and oxygen atoms in total. The zero-order valence-corrected chi connectivity index (χ0v) is 13.1. The molecule has 0 bridgehead atoms. The lowest BCUT2D eigenvalue weighted by atomic mass is 9.71. The van der Waals surface area contributed by atoms with E-state index in [1.807, 2.05) is 20.8 Å². The Morgan fingerprint density at radius 3 is 2.16 bits per heavy atom. The van der Waals surface area contributed by atoms with E-state index >= 15 is 0 Å². The van der Waals surface area contributed by atoms with Crippen molar-refractivity contribution in [3.63, 3.8) is 0 Å². The van der Waals surface area contributed by atoms with Gasteiger partial charge in [0.15, 0.2) is 0 Å². The Balaban J connectivity index is 2.30. The molecule has 3 N–H and O–H groups in total. The minimum Gasteiger partial charge on any atom is -0.388 e. The van der Waals surface area contributed by atoms with Gasteiger partial charge >= 0.3 is 0 Å². The second kappa shape index (κ2) is 5.80. The molecule has 1 rings (SSSR count). The number of rotatable bonds is 4. The van der Waals surface area contributed by atoms with Gasteiger partial charge in [0.25, 0.3) is 0 Å². The van der Waals surface area contributed by atoms with Crippen LogP contribution in [0.3, 0.4) is 0 Å². The standard InChI is InChI=1S/C15H30N2O2/c1-13(2,3)17-10-12(18)16-11-15(19)8-6-14(4,5)7-9-15/h17,19H,6-11H2,1-5H3,(H,16,18). The number of hydrogen-bond acceptors (Lipinski definition) is 3. The van der Waals surface area contributed by atoms with Crippen molar-refractivity contribution in [3.8, 4) is 0 Å². The van der Waals surface area contributed by atoms with Crippen LogP contribution in [0.2, 0.25) is 0 Å².